The zero-order chi connectivity index (χ0) is 15.1. The second-order valence-corrected chi connectivity index (χ2v) is 6.02. The number of hydrogen-bond donors (Lipinski definition) is 3. The fourth-order valence-corrected chi connectivity index (χ4v) is 3.18. The fraction of sp³-hybridized carbons (Fsp3) is 0.867. The van der Waals surface area contributed by atoms with E-state index in [1.165, 1.54) is 0 Å². The molecule has 6 heteroatoms. The molecule has 1 saturated carbocycles. The highest BCUT2D eigenvalue weighted by molar-refractivity contribution is 5.79. The number of piperidine rings is 1. The molecular weight excluding hydrogens is 272 g/mol. The highest BCUT2D eigenvalue weighted by Crippen LogP contribution is 2.23. The maximum Gasteiger partial charge on any atom is 0.308 e. The lowest BCUT2D eigenvalue weighted by Gasteiger charge is -2.25. The number of carboxylic acid groups (broad SMARTS) is 1. The van der Waals surface area contributed by atoms with Crippen LogP contribution in [0.3, 0.4) is 0 Å². The molecule has 0 aromatic heterocycles. The van der Waals surface area contributed by atoms with Gasteiger partial charge in [0.05, 0.1) is 12.0 Å². The van der Waals surface area contributed by atoms with E-state index < -0.39 is 11.9 Å². The molecule has 0 aromatic rings. The number of amides is 1. The lowest BCUT2D eigenvalue weighted by atomic mass is 9.95. The van der Waals surface area contributed by atoms with Crippen molar-refractivity contribution in [3.8, 4) is 0 Å². The SMILES string of the molecule is O=C(COC1CCNCC1)NC1CCCCCC1C(=O)O. The minimum atomic E-state index is -0.804. The van der Waals surface area contributed by atoms with Gasteiger partial charge in [0, 0.05) is 6.04 Å². The van der Waals surface area contributed by atoms with Gasteiger partial charge in [0.1, 0.15) is 6.61 Å². The summed E-state index contributed by atoms with van der Waals surface area (Å²) in [6, 6.07) is -0.255. The van der Waals surface area contributed by atoms with E-state index in [0.717, 1.165) is 51.6 Å². The van der Waals surface area contributed by atoms with Crippen LogP contribution in [0.2, 0.25) is 0 Å². The zero-order valence-electron chi connectivity index (χ0n) is 12.5. The van der Waals surface area contributed by atoms with E-state index in [1.54, 1.807) is 0 Å². The maximum absolute atomic E-state index is 12.0. The standard InChI is InChI=1S/C15H26N2O4/c18-14(10-21-11-6-8-16-9-7-11)17-13-5-3-1-2-4-12(13)15(19)20/h11-13,16H,1-10H2,(H,17,18)(H,19,20). The smallest absolute Gasteiger partial charge is 0.308 e. The molecule has 120 valence electrons. The number of carbonyl (C=O) groups is 2. The molecule has 0 aromatic carbocycles. The van der Waals surface area contributed by atoms with Crippen LogP contribution in [-0.2, 0) is 14.3 Å². The van der Waals surface area contributed by atoms with Crippen molar-refractivity contribution in [1.82, 2.24) is 10.6 Å². The molecule has 1 aliphatic carbocycles. The Morgan fingerprint density at radius 1 is 1.10 bits per heavy atom. The molecule has 2 atom stereocenters. The molecule has 0 bridgehead atoms. The van der Waals surface area contributed by atoms with Crippen molar-refractivity contribution in [3.63, 3.8) is 0 Å². The highest BCUT2D eigenvalue weighted by atomic mass is 16.5. The Hall–Kier alpha value is -1.14. The van der Waals surface area contributed by atoms with Crippen molar-refractivity contribution in [2.45, 2.75) is 57.1 Å². The second-order valence-electron chi connectivity index (χ2n) is 6.02. The molecule has 21 heavy (non-hydrogen) atoms. The molecule has 3 N–H and O–H groups in total. The molecule has 1 amide bonds. The average Bonchev–Trinajstić information content (AvgIpc) is 2.72. The summed E-state index contributed by atoms with van der Waals surface area (Å²) in [5.41, 5.74) is 0. The average molecular weight is 298 g/mol. The third kappa shape index (κ3) is 5.28. The summed E-state index contributed by atoms with van der Waals surface area (Å²) in [4.78, 5) is 23.3. The Balaban J connectivity index is 1.77. The molecule has 2 aliphatic rings. The lowest BCUT2D eigenvalue weighted by molar-refractivity contribution is -0.143. The molecule has 2 rings (SSSR count). The van der Waals surface area contributed by atoms with E-state index in [1.807, 2.05) is 0 Å². The Labute approximate surface area is 125 Å². The van der Waals surface area contributed by atoms with Crippen LogP contribution < -0.4 is 10.6 Å². The summed E-state index contributed by atoms with van der Waals surface area (Å²) in [5, 5.41) is 15.4. The molecule has 2 fully saturated rings. The largest absolute Gasteiger partial charge is 0.481 e. The second kappa shape index (κ2) is 8.34. The minimum absolute atomic E-state index is 0.0352. The van der Waals surface area contributed by atoms with Crippen molar-refractivity contribution in [2.24, 2.45) is 5.92 Å². The number of ether oxygens (including phenoxy) is 1. The van der Waals surface area contributed by atoms with Crippen LogP contribution in [0, 0.1) is 5.92 Å². The van der Waals surface area contributed by atoms with Crippen LogP contribution in [0.4, 0.5) is 0 Å². The first-order chi connectivity index (χ1) is 10.2. The molecule has 1 aliphatic heterocycles. The summed E-state index contributed by atoms with van der Waals surface area (Å²) >= 11 is 0. The van der Waals surface area contributed by atoms with Crippen molar-refractivity contribution in [3.05, 3.63) is 0 Å². The fourth-order valence-electron chi connectivity index (χ4n) is 3.18. The summed E-state index contributed by atoms with van der Waals surface area (Å²) in [7, 11) is 0. The van der Waals surface area contributed by atoms with Gasteiger partial charge in [-0.05, 0) is 38.8 Å². The Bertz CT molecular complexity index is 356. The Morgan fingerprint density at radius 3 is 2.52 bits per heavy atom. The molecule has 1 saturated heterocycles. The van der Waals surface area contributed by atoms with Gasteiger partial charge in [-0.25, -0.2) is 0 Å². The highest BCUT2D eigenvalue weighted by Gasteiger charge is 2.30. The van der Waals surface area contributed by atoms with Crippen LogP contribution in [-0.4, -0.2) is 48.8 Å². The van der Waals surface area contributed by atoms with Crippen LogP contribution in [0.5, 0.6) is 0 Å². The van der Waals surface area contributed by atoms with E-state index in [4.69, 9.17) is 4.74 Å². The normalized spacial score (nSPS) is 27.8. The molecule has 0 spiro atoms. The minimum Gasteiger partial charge on any atom is -0.481 e. The van der Waals surface area contributed by atoms with Gasteiger partial charge in [0.25, 0.3) is 0 Å². The Kier molecular flexibility index (Phi) is 6.45. The van der Waals surface area contributed by atoms with Crippen molar-refractivity contribution in [2.75, 3.05) is 19.7 Å². The first-order valence-electron chi connectivity index (χ1n) is 8.01. The topological polar surface area (TPSA) is 87.7 Å². The van der Waals surface area contributed by atoms with Crippen molar-refractivity contribution >= 4 is 11.9 Å². The third-order valence-electron chi connectivity index (χ3n) is 4.42. The first-order valence-corrected chi connectivity index (χ1v) is 8.01. The van der Waals surface area contributed by atoms with Crippen LogP contribution in [0.1, 0.15) is 44.9 Å². The number of carbonyl (C=O) groups excluding carboxylic acids is 1. The van der Waals surface area contributed by atoms with E-state index in [2.05, 4.69) is 10.6 Å². The summed E-state index contributed by atoms with van der Waals surface area (Å²) < 4.78 is 5.61. The number of rotatable bonds is 5. The van der Waals surface area contributed by atoms with Crippen molar-refractivity contribution < 1.29 is 19.4 Å². The summed E-state index contributed by atoms with van der Waals surface area (Å²) in [5.74, 6) is -1.46. The molecule has 6 nitrogen and oxygen atoms in total. The predicted octanol–water partition coefficient (Wildman–Crippen LogP) is 0.905. The van der Waals surface area contributed by atoms with E-state index in [-0.39, 0.29) is 24.7 Å². The number of aliphatic carboxylic acids is 1. The molecule has 0 radical (unpaired) electrons. The molecule has 1 heterocycles. The zero-order valence-corrected chi connectivity index (χ0v) is 12.5. The van der Waals surface area contributed by atoms with Crippen molar-refractivity contribution in [1.29, 1.82) is 0 Å². The number of hydrogen-bond acceptors (Lipinski definition) is 4. The number of nitrogens with one attached hydrogen (secondary N) is 2. The van der Waals surface area contributed by atoms with Gasteiger partial charge < -0.3 is 20.5 Å². The number of carboxylic acids is 1. The maximum atomic E-state index is 12.0. The van der Waals surface area contributed by atoms with Gasteiger partial charge in [-0.2, -0.15) is 0 Å². The third-order valence-corrected chi connectivity index (χ3v) is 4.42. The van der Waals surface area contributed by atoms with Gasteiger partial charge in [0.2, 0.25) is 5.91 Å². The van der Waals surface area contributed by atoms with Gasteiger partial charge in [0.15, 0.2) is 0 Å². The van der Waals surface area contributed by atoms with Crippen LogP contribution in [0.15, 0.2) is 0 Å². The van der Waals surface area contributed by atoms with Crippen LogP contribution in [0.25, 0.3) is 0 Å². The first kappa shape index (κ1) is 16.2. The van der Waals surface area contributed by atoms with Gasteiger partial charge >= 0.3 is 5.97 Å². The van der Waals surface area contributed by atoms with Crippen LogP contribution >= 0.6 is 0 Å². The van der Waals surface area contributed by atoms with Gasteiger partial charge in [-0.1, -0.05) is 19.3 Å². The van der Waals surface area contributed by atoms with E-state index in [0.29, 0.717) is 6.42 Å². The summed E-state index contributed by atoms with van der Waals surface area (Å²) in [6.45, 7) is 1.89. The molecular formula is C15H26N2O4. The quantitative estimate of drug-likeness (QED) is 0.657. The summed E-state index contributed by atoms with van der Waals surface area (Å²) in [6.07, 6.45) is 6.33. The lowest BCUT2D eigenvalue weighted by Crippen LogP contribution is -2.45. The monoisotopic (exact) mass is 298 g/mol. The van der Waals surface area contributed by atoms with E-state index in [9.17, 15) is 14.7 Å². The molecule has 2 unspecified atom stereocenters. The predicted molar refractivity (Wildman–Crippen MR) is 78.0 cm³/mol. The van der Waals surface area contributed by atoms with Gasteiger partial charge in [-0.15, -0.1) is 0 Å². The van der Waals surface area contributed by atoms with E-state index >= 15 is 0 Å². The Morgan fingerprint density at radius 2 is 1.81 bits per heavy atom. The van der Waals surface area contributed by atoms with Gasteiger partial charge in [-0.3, -0.25) is 9.59 Å².